The first kappa shape index (κ1) is 17.4. The van der Waals surface area contributed by atoms with Gasteiger partial charge in [-0.25, -0.2) is 4.68 Å². The fourth-order valence-electron chi connectivity index (χ4n) is 3.57. The molecule has 1 fully saturated rings. The molecule has 2 heterocycles. The minimum absolute atomic E-state index is 0.0251. The van der Waals surface area contributed by atoms with Crippen molar-refractivity contribution in [2.45, 2.75) is 51.2 Å². The molecule has 2 unspecified atom stereocenters. The van der Waals surface area contributed by atoms with Crippen molar-refractivity contribution in [3.05, 3.63) is 45.0 Å². The first-order valence-electron chi connectivity index (χ1n) is 8.76. The summed E-state index contributed by atoms with van der Waals surface area (Å²) < 4.78 is 1.23. The number of hydrogen-bond acceptors (Lipinski definition) is 4. The van der Waals surface area contributed by atoms with Gasteiger partial charge in [0.15, 0.2) is 0 Å². The van der Waals surface area contributed by atoms with Gasteiger partial charge in [-0.3, -0.25) is 19.5 Å². The third kappa shape index (κ3) is 3.51. The average Bonchev–Trinajstić information content (AvgIpc) is 2.63. The topological polar surface area (TPSA) is 101 Å². The van der Waals surface area contributed by atoms with E-state index in [2.05, 4.69) is 5.10 Å². The second-order valence-electron chi connectivity index (χ2n) is 6.70. The number of nitrogens with zero attached hydrogens (tertiary/aromatic N) is 2. The molecule has 7 nitrogen and oxygen atoms in total. The van der Waals surface area contributed by atoms with Gasteiger partial charge in [0.1, 0.15) is 0 Å². The molecule has 0 bridgehead atoms. The van der Waals surface area contributed by atoms with E-state index in [1.165, 1.54) is 4.68 Å². The monoisotopic (exact) mass is 344 g/mol. The van der Waals surface area contributed by atoms with E-state index in [0.717, 1.165) is 19.3 Å². The Balaban J connectivity index is 1.78. The molecule has 7 heteroatoms. The Bertz CT molecular complexity index is 884. The van der Waals surface area contributed by atoms with Gasteiger partial charge in [0.25, 0.3) is 11.1 Å². The van der Waals surface area contributed by atoms with E-state index in [-0.39, 0.29) is 42.1 Å². The van der Waals surface area contributed by atoms with E-state index < -0.39 is 0 Å². The summed E-state index contributed by atoms with van der Waals surface area (Å²) in [5.74, 6) is -0.0251. The molecule has 2 aromatic rings. The molecule has 0 spiro atoms. The Hall–Kier alpha value is -2.41. The molecule has 0 saturated carbocycles. The lowest BCUT2D eigenvalue weighted by Gasteiger charge is -2.38. The third-order valence-electron chi connectivity index (χ3n) is 4.91. The molecule has 1 amide bonds. The number of benzene rings is 1. The number of carbonyl (C=O) groups is 1. The van der Waals surface area contributed by atoms with E-state index in [1.807, 2.05) is 11.8 Å². The van der Waals surface area contributed by atoms with E-state index >= 15 is 0 Å². The molecule has 3 N–H and O–H groups in total. The standard InChI is InChI=1S/C18H24N4O3/c1-12(19)15-8-4-5-10-21(15)16(23)9-11-22-18(25)14-7-3-2-6-13(14)17(24)20-22/h2-3,6-7,12,15H,4-5,8-11,19H2,1H3,(H,20,24). The van der Waals surface area contributed by atoms with E-state index in [9.17, 15) is 14.4 Å². The van der Waals surface area contributed by atoms with Gasteiger partial charge in [0, 0.05) is 25.0 Å². The number of amides is 1. The largest absolute Gasteiger partial charge is 0.338 e. The van der Waals surface area contributed by atoms with E-state index in [1.54, 1.807) is 24.3 Å². The van der Waals surface area contributed by atoms with Crippen molar-refractivity contribution in [3.8, 4) is 0 Å². The maximum absolute atomic E-state index is 12.6. The molecular weight excluding hydrogens is 320 g/mol. The van der Waals surface area contributed by atoms with Crippen LogP contribution in [0.4, 0.5) is 0 Å². The van der Waals surface area contributed by atoms with Crippen molar-refractivity contribution in [2.75, 3.05) is 6.54 Å². The predicted molar refractivity (Wildman–Crippen MR) is 96.4 cm³/mol. The Morgan fingerprint density at radius 1 is 1.28 bits per heavy atom. The summed E-state index contributed by atoms with van der Waals surface area (Å²) in [5.41, 5.74) is 5.40. The number of aromatic nitrogens is 2. The van der Waals surface area contributed by atoms with Crippen LogP contribution in [0.2, 0.25) is 0 Å². The summed E-state index contributed by atoms with van der Waals surface area (Å²) >= 11 is 0. The number of piperidine rings is 1. The normalized spacial score (nSPS) is 19.1. The van der Waals surface area contributed by atoms with Crippen LogP contribution in [-0.4, -0.2) is 39.2 Å². The fourth-order valence-corrected chi connectivity index (χ4v) is 3.57. The van der Waals surface area contributed by atoms with Gasteiger partial charge in [-0.15, -0.1) is 0 Å². The van der Waals surface area contributed by atoms with Crippen molar-refractivity contribution in [1.29, 1.82) is 0 Å². The van der Waals surface area contributed by atoms with Gasteiger partial charge >= 0.3 is 0 Å². The highest BCUT2D eigenvalue weighted by atomic mass is 16.2. The van der Waals surface area contributed by atoms with Gasteiger partial charge < -0.3 is 10.6 Å². The third-order valence-corrected chi connectivity index (χ3v) is 4.91. The Morgan fingerprint density at radius 3 is 2.72 bits per heavy atom. The number of aryl methyl sites for hydroxylation is 1. The number of likely N-dealkylation sites (tertiary alicyclic amines) is 1. The molecule has 2 atom stereocenters. The van der Waals surface area contributed by atoms with Crippen molar-refractivity contribution in [3.63, 3.8) is 0 Å². The summed E-state index contributed by atoms with van der Waals surface area (Å²) in [4.78, 5) is 39.0. The van der Waals surface area contributed by atoms with Crippen LogP contribution in [0.1, 0.15) is 32.6 Å². The summed E-state index contributed by atoms with van der Waals surface area (Å²) in [7, 11) is 0. The molecular formula is C18H24N4O3. The van der Waals surface area contributed by atoms with E-state index in [4.69, 9.17) is 5.73 Å². The zero-order chi connectivity index (χ0) is 18.0. The highest BCUT2D eigenvalue weighted by Crippen LogP contribution is 2.20. The lowest BCUT2D eigenvalue weighted by atomic mass is 9.96. The summed E-state index contributed by atoms with van der Waals surface area (Å²) in [6.07, 6.45) is 3.13. The fraction of sp³-hybridized carbons (Fsp3) is 0.500. The molecule has 134 valence electrons. The van der Waals surface area contributed by atoms with Crippen molar-refractivity contribution < 1.29 is 4.79 Å². The van der Waals surface area contributed by atoms with E-state index in [0.29, 0.717) is 17.3 Å². The molecule has 1 aromatic heterocycles. The van der Waals surface area contributed by atoms with Crippen LogP contribution in [0.25, 0.3) is 10.8 Å². The minimum Gasteiger partial charge on any atom is -0.338 e. The zero-order valence-corrected chi connectivity index (χ0v) is 14.4. The van der Waals surface area contributed by atoms with Gasteiger partial charge in [0.2, 0.25) is 5.91 Å². The smallest absolute Gasteiger partial charge is 0.273 e. The molecule has 25 heavy (non-hydrogen) atoms. The maximum Gasteiger partial charge on any atom is 0.273 e. The first-order valence-corrected chi connectivity index (χ1v) is 8.76. The lowest BCUT2D eigenvalue weighted by molar-refractivity contribution is -0.135. The summed E-state index contributed by atoms with van der Waals surface area (Å²) in [6, 6.07) is 6.66. The molecule has 3 rings (SSSR count). The van der Waals surface area contributed by atoms with Crippen LogP contribution in [0.3, 0.4) is 0 Å². The number of nitrogens with one attached hydrogen (secondary N) is 1. The van der Waals surface area contributed by atoms with Crippen LogP contribution in [0.5, 0.6) is 0 Å². The average molecular weight is 344 g/mol. The first-order chi connectivity index (χ1) is 12.0. The number of fused-ring (bicyclic) bond motifs is 1. The molecule has 1 saturated heterocycles. The quantitative estimate of drug-likeness (QED) is 0.857. The highest BCUT2D eigenvalue weighted by molar-refractivity contribution is 5.80. The summed E-state index contributed by atoms with van der Waals surface area (Å²) in [5, 5.41) is 3.29. The number of H-pyrrole nitrogens is 1. The minimum atomic E-state index is -0.325. The van der Waals surface area contributed by atoms with Crippen LogP contribution in [-0.2, 0) is 11.3 Å². The van der Waals surface area contributed by atoms with Crippen LogP contribution in [0.15, 0.2) is 33.9 Å². The molecule has 1 aliphatic rings. The molecule has 1 aromatic carbocycles. The van der Waals surface area contributed by atoms with Gasteiger partial charge in [-0.1, -0.05) is 12.1 Å². The number of aromatic amines is 1. The zero-order valence-electron chi connectivity index (χ0n) is 14.4. The van der Waals surface area contributed by atoms with Crippen molar-refractivity contribution >= 4 is 16.7 Å². The number of rotatable bonds is 4. The Kier molecular flexibility index (Phi) is 5.03. The van der Waals surface area contributed by atoms with Crippen molar-refractivity contribution in [2.24, 2.45) is 5.73 Å². The number of carbonyl (C=O) groups excluding carboxylic acids is 1. The van der Waals surface area contributed by atoms with Gasteiger partial charge in [-0.2, -0.15) is 0 Å². The Labute approximate surface area is 145 Å². The second-order valence-corrected chi connectivity index (χ2v) is 6.70. The second kappa shape index (κ2) is 7.23. The van der Waals surface area contributed by atoms with Crippen LogP contribution < -0.4 is 16.9 Å². The van der Waals surface area contributed by atoms with Crippen LogP contribution in [0, 0.1) is 0 Å². The van der Waals surface area contributed by atoms with Gasteiger partial charge in [0.05, 0.1) is 17.3 Å². The molecule has 1 aliphatic heterocycles. The number of hydrogen-bond donors (Lipinski definition) is 2. The number of nitrogens with two attached hydrogens (primary N) is 1. The molecule has 0 radical (unpaired) electrons. The highest BCUT2D eigenvalue weighted by Gasteiger charge is 2.28. The molecule has 0 aliphatic carbocycles. The van der Waals surface area contributed by atoms with Gasteiger partial charge in [-0.05, 0) is 38.3 Å². The summed E-state index contributed by atoms with van der Waals surface area (Å²) in [6.45, 7) is 2.77. The maximum atomic E-state index is 12.6. The Morgan fingerprint density at radius 2 is 2.00 bits per heavy atom. The SMILES string of the molecule is CC(N)C1CCCCN1C(=O)CCn1[nH]c(=O)c2ccccc2c1=O. The van der Waals surface area contributed by atoms with Crippen LogP contribution >= 0.6 is 0 Å². The lowest BCUT2D eigenvalue weighted by Crippen LogP contribution is -2.52. The predicted octanol–water partition coefficient (Wildman–Crippen LogP) is 0.808. The van der Waals surface area contributed by atoms with Crippen molar-refractivity contribution in [1.82, 2.24) is 14.7 Å².